The van der Waals surface area contributed by atoms with Crippen LogP contribution in [0.3, 0.4) is 0 Å². The molecule has 100 valence electrons. The van der Waals surface area contributed by atoms with E-state index in [1.807, 2.05) is 6.92 Å². The molecular formula is C13H19ClN2O2. The van der Waals surface area contributed by atoms with Crippen molar-refractivity contribution >= 4 is 11.6 Å². The molecule has 0 amide bonds. The minimum atomic E-state index is -0.382. The van der Waals surface area contributed by atoms with Gasteiger partial charge in [0.15, 0.2) is 0 Å². The second-order valence-electron chi connectivity index (χ2n) is 5.00. The van der Waals surface area contributed by atoms with Gasteiger partial charge in [0.2, 0.25) is 0 Å². The molecule has 0 aliphatic heterocycles. The molecule has 0 spiro atoms. The van der Waals surface area contributed by atoms with E-state index in [1.165, 1.54) is 23.8 Å². The zero-order chi connectivity index (χ0) is 13.1. The van der Waals surface area contributed by atoms with Crippen molar-refractivity contribution in [3.8, 4) is 0 Å². The Morgan fingerprint density at radius 3 is 2.56 bits per heavy atom. The summed E-state index contributed by atoms with van der Waals surface area (Å²) in [6.45, 7) is 2.39. The van der Waals surface area contributed by atoms with Gasteiger partial charge in [-0.3, -0.25) is 14.3 Å². The van der Waals surface area contributed by atoms with Gasteiger partial charge < -0.3 is 0 Å². The molecule has 18 heavy (non-hydrogen) atoms. The van der Waals surface area contributed by atoms with E-state index in [-0.39, 0.29) is 16.4 Å². The molecule has 0 bridgehead atoms. The van der Waals surface area contributed by atoms with Crippen molar-refractivity contribution in [1.82, 2.24) is 9.55 Å². The van der Waals surface area contributed by atoms with Crippen LogP contribution in [0.25, 0.3) is 0 Å². The van der Waals surface area contributed by atoms with Crippen molar-refractivity contribution in [1.29, 1.82) is 0 Å². The van der Waals surface area contributed by atoms with Crippen LogP contribution in [0.1, 0.15) is 44.6 Å². The lowest BCUT2D eigenvalue weighted by atomic mass is 9.89. The molecule has 0 radical (unpaired) electrons. The van der Waals surface area contributed by atoms with E-state index in [0.29, 0.717) is 24.4 Å². The fraction of sp³-hybridized carbons (Fsp3) is 0.692. The summed E-state index contributed by atoms with van der Waals surface area (Å²) in [4.78, 5) is 26.6. The molecular weight excluding hydrogens is 252 g/mol. The lowest BCUT2D eigenvalue weighted by molar-refractivity contribution is 0.311. The standard InChI is InChI=1S/C13H19ClN2O2/c1-2-10-11(14)15-13(18)16(12(10)17)8-9-6-4-3-5-7-9/h9H,2-8H2,1H3,(H,15,18). The fourth-order valence-corrected chi connectivity index (χ4v) is 2.98. The molecule has 1 heterocycles. The van der Waals surface area contributed by atoms with Crippen LogP contribution in [0.5, 0.6) is 0 Å². The van der Waals surface area contributed by atoms with Crippen LogP contribution in [0.2, 0.25) is 5.15 Å². The number of H-pyrrole nitrogens is 1. The molecule has 1 aromatic rings. The van der Waals surface area contributed by atoms with Crippen LogP contribution in [-0.4, -0.2) is 9.55 Å². The highest BCUT2D eigenvalue weighted by molar-refractivity contribution is 6.30. The normalized spacial score (nSPS) is 17.0. The highest BCUT2D eigenvalue weighted by Crippen LogP contribution is 2.24. The first-order chi connectivity index (χ1) is 8.63. The van der Waals surface area contributed by atoms with Crippen molar-refractivity contribution in [3.63, 3.8) is 0 Å². The van der Waals surface area contributed by atoms with Gasteiger partial charge in [0, 0.05) is 6.54 Å². The summed E-state index contributed by atoms with van der Waals surface area (Å²) in [6, 6.07) is 0. The number of hydrogen-bond donors (Lipinski definition) is 1. The van der Waals surface area contributed by atoms with Gasteiger partial charge in [-0.15, -0.1) is 0 Å². The molecule has 1 aromatic heterocycles. The lowest BCUT2D eigenvalue weighted by Crippen LogP contribution is -2.39. The lowest BCUT2D eigenvalue weighted by Gasteiger charge is -2.22. The Morgan fingerprint density at radius 2 is 1.94 bits per heavy atom. The van der Waals surface area contributed by atoms with Crippen LogP contribution in [0.4, 0.5) is 0 Å². The summed E-state index contributed by atoms with van der Waals surface area (Å²) in [5.74, 6) is 0.448. The third kappa shape index (κ3) is 2.69. The Bertz CT molecular complexity index is 527. The number of halogens is 1. The third-order valence-electron chi connectivity index (χ3n) is 3.75. The predicted octanol–water partition coefficient (Wildman–Crippen LogP) is 2.33. The molecule has 4 nitrogen and oxygen atoms in total. The summed E-state index contributed by atoms with van der Waals surface area (Å²) < 4.78 is 1.32. The van der Waals surface area contributed by atoms with Crippen LogP contribution in [0, 0.1) is 5.92 Å². The van der Waals surface area contributed by atoms with E-state index in [9.17, 15) is 9.59 Å². The highest BCUT2D eigenvalue weighted by atomic mass is 35.5. The maximum absolute atomic E-state index is 12.2. The zero-order valence-corrected chi connectivity index (χ0v) is 11.4. The molecule has 0 saturated heterocycles. The number of aromatic amines is 1. The zero-order valence-electron chi connectivity index (χ0n) is 10.7. The smallest absolute Gasteiger partial charge is 0.297 e. The SMILES string of the molecule is CCc1c(Cl)[nH]c(=O)n(CC2CCCCC2)c1=O. The van der Waals surface area contributed by atoms with Gasteiger partial charge in [-0.2, -0.15) is 0 Å². The molecule has 5 heteroatoms. The molecule has 1 N–H and O–H groups in total. The summed E-state index contributed by atoms with van der Waals surface area (Å²) in [5.41, 5.74) is -0.100. The first-order valence-electron chi connectivity index (χ1n) is 6.65. The number of nitrogens with zero attached hydrogens (tertiary/aromatic N) is 1. The Hall–Kier alpha value is -1.03. The molecule has 1 fully saturated rings. The van der Waals surface area contributed by atoms with Gasteiger partial charge in [0.1, 0.15) is 5.15 Å². The topological polar surface area (TPSA) is 54.9 Å². The maximum Gasteiger partial charge on any atom is 0.329 e. The van der Waals surface area contributed by atoms with Crippen LogP contribution in [0.15, 0.2) is 9.59 Å². The molecule has 2 rings (SSSR count). The van der Waals surface area contributed by atoms with Gasteiger partial charge in [-0.05, 0) is 25.2 Å². The van der Waals surface area contributed by atoms with E-state index < -0.39 is 0 Å². The van der Waals surface area contributed by atoms with Crippen molar-refractivity contribution in [3.05, 3.63) is 31.6 Å². The molecule has 1 saturated carbocycles. The quantitative estimate of drug-likeness (QED) is 0.857. The summed E-state index contributed by atoms with van der Waals surface area (Å²) >= 11 is 5.88. The number of hydrogen-bond acceptors (Lipinski definition) is 2. The average Bonchev–Trinajstić information content (AvgIpc) is 2.36. The molecule has 1 aliphatic carbocycles. The predicted molar refractivity (Wildman–Crippen MR) is 72.3 cm³/mol. The van der Waals surface area contributed by atoms with Crippen LogP contribution >= 0.6 is 11.6 Å². The fourth-order valence-electron chi connectivity index (χ4n) is 2.69. The number of rotatable bonds is 3. The van der Waals surface area contributed by atoms with Crippen LogP contribution in [-0.2, 0) is 13.0 Å². The van der Waals surface area contributed by atoms with Crippen molar-refractivity contribution in [2.75, 3.05) is 0 Å². The van der Waals surface area contributed by atoms with E-state index in [2.05, 4.69) is 4.98 Å². The average molecular weight is 271 g/mol. The third-order valence-corrected chi connectivity index (χ3v) is 4.07. The van der Waals surface area contributed by atoms with E-state index >= 15 is 0 Å². The second-order valence-corrected chi connectivity index (χ2v) is 5.37. The van der Waals surface area contributed by atoms with Gasteiger partial charge in [-0.1, -0.05) is 37.8 Å². The number of nitrogens with one attached hydrogen (secondary N) is 1. The van der Waals surface area contributed by atoms with Gasteiger partial charge >= 0.3 is 5.69 Å². The van der Waals surface area contributed by atoms with Crippen molar-refractivity contribution in [2.45, 2.75) is 52.0 Å². The van der Waals surface area contributed by atoms with E-state index in [4.69, 9.17) is 11.6 Å². The Balaban J connectivity index is 2.32. The Labute approximate surface area is 111 Å². The summed E-state index contributed by atoms with van der Waals surface area (Å²) in [5, 5.41) is 0.187. The van der Waals surface area contributed by atoms with Gasteiger partial charge in [0.05, 0.1) is 5.56 Å². The minimum absolute atomic E-state index is 0.187. The van der Waals surface area contributed by atoms with Crippen molar-refractivity contribution < 1.29 is 0 Å². The maximum atomic E-state index is 12.2. The molecule has 0 aromatic carbocycles. The second kappa shape index (κ2) is 5.74. The van der Waals surface area contributed by atoms with E-state index in [1.54, 1.807) is 0 Å². The van der Waals surface area contributed by atoms with Crippen molar-refractivity contribution in [2.24, 2.45) is 5.92 Å². The summed E-state index contributed by atoms with van der Waals surface area (Å²) in [7, 11) is 0. The first kappa shape index (κ1) is 13.4. The molecule has 1 aliphatic rings. The highest BCUT2D eigenvalue weighted by Gasteiger charge is 2.18. The minimum Gasteiger partial charge on any atom is -0.297 e. The van der Waals surface area contributed by atoms with Crippen LogP contribution < -0.4 is 11.2 Å². The Kier molecular flexibility index (Phi) is 4.27. The number of aromatic nitrogens is 2. The Morgan fingerprint density at radius 1 is 1.28 bits per heavy atom. The first-order valence-corrected chi connectivity index (χ1v) is 7.02. The van der Waals surface area contributed by atoms with E-state index in [0.717, 1.165) is 12.8 Å². The molecule has 0 atom stereocenters. The largest absolute Gasteiger partial charge is 0.329 e. The van der Waals surface area contributed by atoms with Gasteiger partial charge in [0.25, 0.3) is 5.56 Å². The summed E-state index contributed by atoms with van der Waals surface area (Å²) in [6.07, 6.45) is 6.42. The molecule has 0 unspecified atom stereocenters. The van der Waals surface area contributed by atoms with Gasteiger partial charge in [-0.25, -0.2) is 4.79 Å². The monoisotopic (exact) mass is 270 g/mol.